The summed E-state index contributed by atoms with van der Waals surface area (Å²) in [5.41, 5.74) is 8.75. The number of benzene rings is 3. The first-order valence-electron chi connectivity index (χ1n) is 9.76. The summed E-state index contributed by atoms with van der Waals surface area (Å²) in [6.45, 7) is 7.25. The third-order valence-corrected chi connectivity index (χ3v) is 5.71. The second-order valence-electron chi connectivity index (χ2n) is 7.65. The van der Waals surface area contributed by atoms with Crippen LogP contribution in [0.2, 0.25) is 5.02 Å². The Hall–Kier alpha value is -2.58. The number of hydrogen-bond acceptors (Lipinski definition) is 1. The summed E-state index contributed by atoms with van der Waals surface area (Å²) in [5.74, 6) is 1.13. The molecule has 1 aromatic heterocycles. The van der Waals surface area contributed by atoms with Crippen molar-refractivity contribution in [2.75, 3.05) is 0 Å². The maximum absolute atomic E-state index is 6.07. The molecule has 0 aliphatic heterocycles. The normalized spacial score (nSPS) is 11.3. The highest BCUT2D eigenvalue weighted by molar-refractivity contribution is 6.30. The second kappa shape index (κ2) is 7.81. The summed E-state index contributed by atoms with van der Waals surface area (Å²) in [4.78, 5) is 5.00. The number of hydrogen-bond donors (Lipinski definition) is 0. The van der Waals surface area contributed by atoms with Crippen molar-refractivity contribution in [2.45, 2.75) is 40.2 Å². The Morgan fingerprint density at radius 3 is 2.14 bits per heavy atom. The molecular weight excluding hydrogens is 364 g/mol. The lowest BCUT2D eigenvalue weighted by Crippen LogP contribution is -2.07. The Morgan fingerprint density at radius 2 is 1.43 bits per heavy atom. The molecule has 0 N–H and O–H groups in total. The first-order chi connectivity index (χ1) is 13.5. The van der Waals surface area contributed by atoms with Gasteiger partial charge in [0.25, 0.3) is 0 Å². The molecule has 0 amide bonds. The van der Waals surface area contributed by atoms with Gasteiger partial charge in [-0.3, -0.25) is 0 Å². The highest BCUT2D eigenvalue weighted by Crippen LogP contribution is 2.23. The molecule has 0 fully saturated rings. The van der Waals surface area contributed by atoms with Crippen molar-refractivity contribution in [3.8, 4) is 0 Å². The Bertz CT molecular complexity index is 1110. The zero-order chi connectivity index (χ0) is 19.7. The van der Waals surface area contributed by atoms with Crippen LogP contribution in [-0.4, -0.2) is 9.55 Å². The molecule has 1 heterocycles. The van der Waals surface area contributed by atoms with Crippen molar-refractivity contribution in [2.24, 2.45) is 0 Å². The molecule has 0 spiro atoms. The molecule has 0 atom stereocenters. The fraction of sp³-hybridized carbons (Fsp3) is 0.240. The molecule has 3 heteroatoms. The highest BCUT2D eigenvalue weighted by atomic mass is 35.5. The number of nitrogens with zero attached hydrogens (tertiary/aromatic N) is 2. The van der Waals surface area contributed by atoms with Gasteiger partial charge in [0.15, 0.2) is 0 Å². The topological polar surface area (TPSA) is 17.8 Å². The number of aryl methyl sites for hydroxylation is 5. The predicted molar refractivity (Wildman–Crippen MR) is 118 cm³/mol. The molecule has 2 nitrogen and oxygen atoms in total. The van der Waals surface area contributed by atoms with Crippen LogP contribution in [0.25, 0.3) is 11.0 Å². The van der Waals surface area contributed by atoms with Crippen molar-refractivity contribution in [3.63, 3.8) is 0 Å². The number of rotatable bonds is 5. The summed E-state index contributed by atoms with van der Waals surface area (Å²) < 4.78 is 2.36. The Kier molecular flexibility index (Phi) is 5.23. The fourth-order valence-electron chi connectivity index (χ4n) is 3.58. The lowest BCUT2D eigenvalue weighted by molar-refractivity contribution is 0.730. The van der Waals surface area contributed by atoms with E-state index in [4.69, 9.17) is 16.6 Å². The van der Waals surface area contributed by atoms with E-state index in [-0.39, 0.29) is 0 Å². The number of halogens is 1. The molecule has 0 radical (unpaired) electrons. The van der Waals surface area contributed by atoms with Gasteiger partial charge in [-0.05, 0) is 73.7 Å². The SMILES string of the molecule is Cc1ccc(CCc2nc3cc(C)c(C)cc3n2Cc2ccc(Cl)cc2)cc1. The Labute approximate surface area is 171 Å². The smallest absolute Gasteiger partial charge is 0.110 e. The average Bonchev–Trinajstić information content (AvgIpc) is 3.00. The summed E-state index contributed by atoms with van der Waals surface area (Å²) in [5, 5.41) is 0.769. The van der Waals surface area contributed by atoms with E-state index < -0.39 is 0 Å². The zero-order valence-electron chi connectivity index (χ0n) is 16.7. The number of aromatic nitrogens is 2. The van der Waals surface area contributed by atoms with Gasteiger partial charge in [0.2, 0.25) is 0 Å². The van der Waals surface area contributed by atoms with Crippen LogP contribution in [0, 0.1) is 20.8 Å². The maximum Gasteiger partial charge on any atom is 0.110 e. The molecular formula is C25H25ClN2. The monoisotopic (exact) mass is 388 g/mol. The van der Waals surface area contributed by atoms with Gasteiger partial charge >= 0.3 is 0 Å². The van der Waals surface area contributed by atoms with Crippen LogP contribution < -0.4 is 0 Å². The van der Waals surface area contributed by atoms with Gasteiger partial charge in [0.05, 0.1) is 11.0 Å². The van der Waals surface area contributed by atoms with E-state index in [1.54, 1.807) is 0 Å². The second-order valence-corrected chi connectivity index (χ2v) is 8.09. The van der Waals surface area contributed by atoms with Gasteiger partial charge in [-0.2, -0.15) is 0 Å². The molecule has 0 saturated carbocycles. The Balaban J connectivity index is 1.70. The third kappa shape index (κ3) is 3.98. The van der Waals surface area contributed by atoms with Gasteiger partial charge in [0, 0.05) is 18.0 Å². The van der Waals surface area contributed by atoms with E-state index in [1.165, 1.54) is 33.3 Å². The Morgan fingerprint density at radius 1 is 0.786 bits per heavy atom. The largest absolute Gasteiger partial charge is 0.323 e. The van der Waals surface area contributed by atoms with Gasteiger partial charge in [-0.1, -0.05) is 53.6 Å². The van der Waals surface area contributed by atoms with Crippen LogP contribution in [0.4, 0.5) is 0 Å². The molecule has 142 valence electrons. The molecule has 0 saturated heterocycles. The van der Waals surface area contributed by atoms with Crippen LogP contribution in [0.5, 0.6) is 0 Å². The standard InChI is InChI=1S/C25H25ClN2/c1-17-4-6-20(7-5-17)10-13-25-27-23-14-18(2)19(3)15-24(23)28(25)16-21-8-11-22(26)12-9-21/h4-9,11-12,14-15H,10,13,16H2,1-3H3. The molecule has 0 bridgehead atoms. The average molecular weight is 389 g/mol. The van der Waals surface area contributed by atoms with Crippen molar-refractivity contribution in [3.05, 3.63) is 99.3 Å². The summed E-state index contributed by atoms with van der Waals surface area (Å²) in [7, 11) is 0. The van der Waals surface area contributed by atoms with Crippen LogP contribution in [0.1, 0.15) is 33.6 Å². The lowest BCUT2D eigenvalue weighted by atomic mass is 10.1. The fourth-order valence-corrected chi connectivity index (χ4v) is 3.71. The predicted octanol–water partition coefficient (Wildman–Crippen LogP) is 6.45. The first kappa shape index (κ1) is 18.8. The highest BCUT2D eigenvalue weighted by Gasteiger charge is 2.13. The van der Waals surface area contributed by atoms with E-state index in [0.29, 0.717) is 0 Å². The van der Waals surface area contributed by atoms with E-state index in [0.717, 1.165) is 35.8 Å². The van der Waals surface area contributed by atoms with E-state index in [1.807, 2.05) is 12.1 Å². The molecule has 0 aliphatic carbocycles. The van der Waals surface area contributed by atoms with Crippen LogP contribution in [-0.2, 0) is 19.4 Å². The van der Waals surface area contributed by atoms with Crippen molar-refractivity contribution >= 4 is 22.6 Å². The van der Waals surface area contributed by atoms with E-state index in [2.05, 4.69) is 73.9 Å². The van der Waals surface area contributed by atoms with Gasteiger partial charge in [-0.15, -0.1) is 0 Å². The summed E-state index contributed by atoms with van der Waals surface area (Å²) >= 11 is 6.07. The molecule has 4 rings (SSSR count). The van der Waals surface area contributed by atoms with Crippen LogP contribution in [0.3, 0.4) is 0 Å². The molecule has 28 heavy (non-hydrogen) atoms. The first-order valence-corrected chi connectivity index (χ1v) is 10.1. The minimum Gasteiger partial charge on any atom is -0.323 e. The maximum atomic E-state index is 6.07. The molecule has 0 unspecified atom stereocenters. The third-order valence-electron chi connectivity index (χ3n) is 5.45. The minimum absolute atomic E-state index is 0.769. The van der Waals surface area contributed by atoms with Crippen molar-refractivity contribution < 1.29 is 0 Å². The lowest BCUT2D eigenvalue weighted by Gasteiger charge is -2.11. The molecule has 3 aromatic carbocycles. The summed E-state index contributed by atoms with van der Waals surface area (Å²) in [6.07, 6.45) is 1.91. The molecule has 0 aliphatic rings. The number of imidazole rings is 1. The van der Waals surface area contributed by atoms with E-state index in [9.17, 15) is 0 Å². The van der Waals surface area contributed by atoms with Crippen LogP contribution in [0.15, 0.2) is 60.7 Å². The zero-order valence-corrected chi connectivity index (χ0v) is 17.4. The van der Waals surface area contributed by atoms with Crippen molar-refractivity contribution in [1.29, 1.82) is 0 Å². The van der Waals surface area contributed by atoms with Crippen molar-refractivity contribution in [1.82, 2.24) is 9.55 Å². The van der Waals surface area contributed by atoms with Crippen LogP contribution >= 0.6 is 11.6 Å². The summed E-state index contributed by atoms with van der Waals surface area (Å²) in [6, 6.07) is 21.4. The van der Waals surface area contributed by atoms with E-state index >= 15 is 0 Å². The van der Waals surface area contributed by atoms with Gasteiger partial charge < -0.3 is 4.57 Å². The van der Waals surface area contributed by atoms with Gasteiger partial charge in [0.1, 0.15) is 5.82 Å². The molecule has 4 aromatic rings. The van der Waals surface area contributed by atoms with Gasteiger partial charge in [-0.25, -0.2) is 4.98 Å². The number of fused-ring (bicyclic) bond motifs is 1. The minimum atomic E-state index is 0.769. The quantitative estimate of drug-likeness (QED) is 0.384.